The Morgan fingerprint density at radius 2 is 1.78 bits per heavy atom. The lowest BCUT2D eigenvalue weighted by atomic mass is 10.1. The molecule has 1 N–H and O–H groups in total. The second kappa shape index (κ2) is 7.09. The molecule has 118 valence electrons. The standard InChI is InChI=1S/C19H21N3O/c1-22-17-10-6-5-9-16(17)21-18(22)13-14-20-19(23)12-11-15-7-3-2-4-8-15/h2-10H,11-14H2,1H3,(H,20,23). The quantitative estimate of drug-likeness (QED) is 0.761. The Bertz CT molecular complexity index is 793. The maximum Gasteiger partial charge on any atom is 0.220 e. The summed E-state index contributed by atoms with van der Waals surface area (Å²) in [7, 11) is 2.02. The monoisotopic (exact) mass is 307 g/mol. The molecule has 0 saturated carbocycles. The van der Waals surface area contributed by atoms with Crippen molar-refractivity contribution in [2.75, 3.05) is 6.54 Å². The van der Waals surface area contributed by atoms with Gasteiger partial charge in [-0.25, -0.2) is 4.98 Å². The van der Waals surface area contributed by atoms with E-state index >= 15 is 0 Å². The van der Waals surface area contributed by atoms with Gasteiger partial charge in [-0.2, -0.15) is 0 Å². The topological polar surface area (TPSA) is 46.9 Å². The van der Waals surface area contributed by atoms with Crippen molar-refractivity contribution < 1.29 is 4.79 Å². The second-order valence-corrected chi connectivity index (χ2v) is 5.66. The normalized spacial score (nSPS) is 10.8. The summed E-state index contributed by atoms with van der Waals surface area (Å²) in [5.41, 5.74) is 3.32. The van der Waals surface area contributed by atoms with E-state index in [1.165, 1.54) is 5.56 Å². The molecule has 2 aromatic carbocycles. The van der Waals surface area contributed by atoms with Crippen LogP contribution in [0.25, 0.3) is 11.0 Å². The second-order valence-electron chi connectivity index (χ2n) is 5.66. The molecule has 3 aromatic rings. The largest absolute Gasteiger partial charge is 0.356 e. The Morgan fingerprint density at radius 1 is 1.04 bits per heavy atom. The average molecular weight is 307 g/mol. The molecule has 0 unspecified atom stereocenters. The highest BCUT2D eigenvalue weighted by atomic mass is 16.1. The number of amides is 1. The van der Waals surface area contributed by atoms with Crippen LogP contribution in [0.15, 0.2) is 54.6 Å². The number of aryl methyl sites for hydroxylation is 2. The third-order valence-corrected chi connectivity index (χ3v) is 4.03. The first kappa shape index (κ1) is 15.3. The number of aromatic nitrogens is 2. The lowest BCUT2D eigenvalue weighted by Crippen LogP contribution is -2.26. The highest BCUT2D eigenvalue weighted by Gasteiger charge is 2.07. The lowest BCUT2D eigenvalue weighted by molar-refractivity contribution is -0.121. The van der Waals surface area contributed by atoms with E-state index in [0.717, 1.165) is 29.7 Å². The van der Waals surface area contributed by atoms with Gasteiger partial charge in [-0.3, -0.25) is 4.79 Å². The molecule has 23 heavy (non-hydrogen) atoms. The Hall–Kier alpha value is -2.62. The zero-order valence-corrected chi connectivity index (χ0v) is 13.3. The molecular formula is C19H21N3O. The molecule has 0 bridgehead atoms. The van der Waals surface area contributed by atoms with Gasteiger partial charge in [0.2, 0.25) is 5.91 Å². The minimum atomic E-state index is 0.0904. The SMILES string of the molecule is Cn1c(CCNC(=O)CCc2ccccc2)nc2ccccc21. The summed E-state index contributed by atoms with van der Waals surface area (Å²) in [4.78, 5) is 16.5. The number of rotatable bonds is 6. The predicted octanol–water partition coefficient (Wildman–Crippen LogP) is 2.86. The van der Waals surface area contributed by atoms with Crippen molar-refractivity contribution in [1.82, 2.24) is 14.9 Å². The number of para-hydroxylation sites is 2. The molecule has 0 saturated heterocycles. The van der Waals surface area contributed by atoms with Crippen LogP contribution in [-0.2, 0) is 24.7 Å². The molecule has 1 aromatic heterocycles. The van der Waals surface area contributed by atoms with Crippen molar-refractivity contribution in [1.29, 1.82) is 0 Å². The maximum atomic E-state index is 11.9. The molecule has 3 rings (SSSR count). The Balaban J connectivity index is 1.48. The van der Waals surface area contributed by atoms with Crippen LogP contribution < -0.4 is 5.32 Å². The van der Waals surface area contributed by atoms with Crippen LogP contribution in [0, 0.1) is 0 Å². The van der Waals surface area contributed by atoms with Crippen LogP contribution in [0.3, 0.4) is 0 Å². The number of carbonyl (C=O) groups excluding carboxylic acids is 1. The Morgan fingerprint density at radius 3 is 2.57 bits per heavy atom. The molecule has 1 amide bonds. The summed E-state index contributed by atoms with van der Waals surface area (Å²) in [5.74, 6) is 1.09. The number of nitrogens with zero attached hydrogens (tertiary/aromatic N) is 2. The third-order valence-electron chi connectivity index (χ3n) is 4.03. The van der Waals surface area contributed by atoms with Crippen molar-refractivity contribution >= 4 is 16.9 Å². The summed E-state index contributed by atoms with van der Waals surface area (Å²) in [6, 6.07) is 18.2. The van der Waals surface area contributed by atoms with E-state index in [-0.39, 0.29) is 5.91 Å². The molecule has 0 atom stereocenters. The van der Waals surface area contributed by atoms with Crippen LogP contribution in [0.5, 0.6) is 0 Å². The van der Waals surface area contributed by atoms with Crippen molar-refractivity contribution in [3.63, 3.8) is 0 Å². The van der Waals surface area contributed by atoms with Gasteiger partial charge < -0.3 is 9.88 Å². The van der Waals surface area contributed by atoms with Crippen molar-refractivity contribution in [2.24, 2.45) is 7.05 Å². The molecule has 0 aliphatic heterocycles. The Labute approximate surface area is 136 Å². The van der Waals surface area contributed by atoms with Gasteiger partial charge in [0.25, 0.3) is 0 Å². The van der Waals surface area contributed by atoms with Crippen LogP contribution in [0.4, 0.5) is 0 Å². The number of hydrogen-bond donors (Lipinski definition) is 1. The fraction of sp³-hybridized carbons (Fsp3) is 0.263. The molecule has 0 spiro atoms. The van der Waals surface area contributed by atoms with E-state index in [4.69, 9.17) is 0 Å². The van der Waals surface area contributed by atoms with Crippen LogP contribution in [0.2, 0.25) is 0 Å². The molecule has 0 radical (unpaired) electrons. The van der Waals surface area contributed by atoms with Gasteiger partial charge in [0.15, 0.2) is 0 Å². The fourth-order valence-electron chi connectivity index (χ4n) is 2.72. The first-order chi connectivity index (χ1) is 11.2. The smallest absolute Gasteiger partial charge is 0.220 e. The zero-order chi connectivity index (χ0) is 16.1. The van der Waals surface area contributed by atoms with Gasteiger partial charge in [-0.15, -0.1) is 0 Å². The number of benzene rings is 2. The number of carbonyl (C=O) groups is 1. The van der Waals surface area contributed by atoms with Gasteiger partial charge in [0.05, 0.1) is 11.0 Å². The summed E-state index contributed by atoms with van der Waals surface area (Å²) in [6.07, 6.45) is 2.04. The minimum absolute atomic E-state index is 0.0904. The van der Waals surface area contributed by atoms with Crippen molar-refractivity contribution in [2.45, 2.75) is 19.3 Å². The highest BCUT2D eigenvalue weighted by Crippen LogP contribution is 2.14. The first-order valence-electron chi connectivity index (χ1n) is 7.95. The number of nitrogens with one attached hydrogen (secondary N) is 1. The fourth-order valence-corrected chi connectivity index (χ4v) is 2.72. The van der Waals surface area contributed by atoms with E-state index in [1.807, 2.05) is 55.6 Å². The highest BCUT2D eigenvalue weighted by molar-refractivity contribution is 5.76. The molecule has 0 aliphatic rings. The molecule has 0 fully saturated rings. The minimum Gasteiger partial charge on any atom is -0.356 e. The van der Waals surface area contributed by atoms with Gasteiger partial charge >= 0.3 is 0 Å². The van der Waals surface area contributed by atoms with Crippen LogP contribution in [0.1, 0.15) is 17.8 Å². The molecule has 1 heterocycles. The van der Waals surface area contributed by atoms with Gasteiger partial charge in [0.1, 0.15) is 5.82 Å². The van der Waals surface area contributed by atoms with Gasteiger partial charge in [-0.1, -0.05) is 42.5 Å². The van der Waals surface area contributed by atoms with E-state index in [2.05, 4.69) is 20.9 Å². The molecular weight excluding hydrogens is 286 g/mol. The van der Waals surface area contributed by atoms with Crippen LogP contribution in [-0.4, -0.2) is 22.0 Å². The summed E-state index contributed by atoms with van der Waals surface area (Å²) >= 11 is 0. The third kappa shape index (κ3) is 3.77. The summed E-state index contributed by atoms with van der Waals surface area (Å²) in [5, 5.41) is 2.98. The molecule has 0 aliphatic carbocycles. The van der Waals surface area contributed by atoms with Gasteiger partial charge in [0, 0.05) is 26.4 Å². The van der Waals surface area contributed by atoms with Crippen molar-refractivity contribution in [3.8, 4) is 0 Å². The summed E-state index contributed by atoms with van der Waals surface area (Å²) in [6.45, 7) is 0.616. The van der Waals surface area contributed by atoms with E-state index in [1.54, 1.807) is 0 Å². The van der Waals surface area contributed by atoms with Crippen LogP contribution >= 0.6 is 0 Å². The van der Waals surface area contributed by atoms with E-state index in [9.17, 15) is 4.79 Å². The molecule has 4 heteroatoms. The lowest BCUT2D eigenvalue weighted by Gasteiger charge is -2.06. The maximum absolute atomic E-state index is 11.9. The predicted molar refractivity (Wildman–Crippen MR) is 92.2 cm³/mol. The first-order valence-corrected chi connectivity index (χ1v) is 7.95. The number of fused-ring (bicyclic) bond motifs is 1. The van der Waals surface area contributed by atoms with Gasteiger partial charge in [-0.05, 0) is 24.1 Å². The number of imidazole rings is 1. The Kier molecular flexibility index (Phi) is 4.71. The number of hydrogen-bond acceptors (Lipinski definition) is 2. The van der Waals surface area contributed by atoms with E-state index in [0.29, 0.717) is 13.0 Å². The zero-order valence-electron chi connectivity index (χ0n) is 13.3. The van der Waals surface area contributed by atoms with Crippen molar-refractivity contribution in [3.05, 3.63) is 66.0 Å². The summed E-state index contributed by atoms with van der Waals surface area (Å²) < 4.78 is 2.09. The average Bonchev–Trinajstić information content (AvgIpc) is 2.91. The van der Waals surface area contributed by atoms with E-state index < -0.39 is 0 Å². The molecule has 4 nitrogen and oxygen atoms in total.